The molecule has 10 heteroatoms. The molecule has 184 valence electrons. The SMILES string of the molecule is C=CC(=O)N1CCN(c2nc(=O)n3c4c(c(-c5cccc6c5CC(=O)N6)c(Cl)cc24)SCC3)[C@@H](C)C1. The highest BCUT2D eigenvalue weighted by molar-refractivity contribution is 7.99. The molecule has 4 heterocycles. The average molecular weight is 522 g/mol. The standard InChI is InChI=1S/C26H24ClN5O3S/c1-3-21(34)30-7-8-31(14(2)13-30)25-17-11-18(27)22(15-5-4-6-19-16(15)12-20(33)28-19)24-23(17)32(9-10-36-24)26(35)29-25/h3-6,11,14H,1,7-10,12-13H2,2H3,(H,28,33)/t14-/m0/s1. The highest BCUT2D eigenvalue weighted by atomic mass is 35.5. The van der Waals surface area contributed by atoms with Gasteiger partial charge < -0.3 is 15.1 Å². The van der Waals surface area contributed by atoms with Gasteiger partial charge >= 0.3 is 5.69 Å². The van der Waals surface area contributed by atoms with Crippen LogP contribution in [-0.4, -0.2) is 57.7 Å². The molecule has 3 aliphatic heterocycles. The Balaban J connectivity index is 1.55. The van der Waals surface area contributed by atoms with Gasteiger partial charge in [0.25, 0.3) is 0 Å². The van der Waals surface area contributed by atoms with Crippen molar-refractivity contribution in [3.05, 3.63) is 58.0 Å². The van der Waals surface area contributed by atoms with Crippen LogP contribution >= 0.6 is 23.4 Å². The molecule has 1 atom stereocenters. The first-order valence-electron chi connectivity index (χ1n) is 11.9. The highest BCUT2D eigenvalue weighted by Gasteiger charge is 2.32. The number of amides is 2. The number of aromatic nitrogens is 2. The zero-order chi connectivity index (χ0) is 25.1. The summed E-state index contributed by atoms with van der Waals surface area (Å²) in [5.41, 5.74) is 4.01. The van der Waals surface area contributed by atoms with E-state index in [9.17, 15) is 14.4 Å². The van der Waals surface area contributed by atoms with Crippen LogP contribution in [0.1, 0.15) is 12.5 Å². The minimum absolute atomic E-state index is 0.0397. The lowest BCUT2D eigenvalue weighted by Crippen LogP contribution is -2.54. The number of hydrogen-bond acceptors (Lipinski definition) is 6. The first-order valence-corrected chi connectivity index (χ1v) is 13.2. The van der Waals surface area contributed by atoms with Crippen LogP contribution in [0.2, 0.25) is 5.02 Å². The third kappa shape index (κ3) is 3.52. The van der Waals surface area contributed by atoms with E-state index in [4.69, 9.17) is 11.6 Å². The number of rotatable bonds is 3. The van der Waals surface area contributed by atoms with Gasteiger partial charge in [0, 0.05) is 59.5 Å². The second-order valence-corrected chi connectivity index (χ2v) is 10.8. The molecule has 3 aromatic rings. The summed E-state index contributed by atoms with van der Waals surface area (Å²) in [6.07, 6.45) is 1.63. The van der Waals surface area contributed by atoms with E-state index in [0.717, 1.165) is 43.9 Å². The van der Waals surface area contributed by atoms with E-state index in [1.807, 2.05) is 31.2 Å². The summed E-state index contributed by atoms with van der Waals surface area (Å²) in [6.45, 7) is 7.76. The van der Waals surface area contributed by atoms with Crippen molar-refractivity contribution in [2.75, 3.05) is 35.6 Å². The molecule has 0 aliphatic carbocycles. The number of benzene rings is 2. The van der Waals surface area contributed by atoms with E-state index in [1.54, 1.807) is 21.2 Å². The largest absolute Gasteiger partial charge is 0.350 e. The van der Waals surface area contributed by atoms with Gasteiger partial charge in [-0.05, 0) is 36.3 Å². The molecule has 1 aromatic heterocycles. The van der Waals surface area contributed by atoms with Gasteiger partial charge in [0.15, 0.2) is 0 Å². The summed E-state index contributed by atoms with van der Waals surface area (Å²) in [4.78, 5) is 46.8. The Kier molecular flexibility index (Phi) is 5.57. The zero-order valence-electron chi connectivity index (χ0n) is 19.7. The summed E-state index contributed by atoms with van der Waals surface area (Å²) in [5.74, 6) is 1.18. The zero-order valence-corrected chi connectivity index (χ0v) is 21.3. The van der Waals surface area contributed by atoms with Gasteiger partial charge in [0.1, 0.15) is 5.82 Å². The lowest BCUT2D eigenvalue weighted by atomic mass is 9.96. The quantitative estimate of drug-likeness (QED) is 0.530. The number of carbonyl (C=O) groups excluding carboxylic acids is 2. The van der Waals surface area contributed by atoms with Crippen LogP contribution in [0.25, 0.3) is 22.0 Å². The molecule has 36 heavy (non-hydrogen) atoms. The number of carbonyl (C=O) groups is 2. The third-order valence-electron chi connectivity index (χ3n) is 7.15. The number of piperazine rings is 1. The first-order chi connectivity index (χ1) is 17.4. The molecule has 0 bridgehead atoms. The summed E-state index contributed by atoms with van der Waals surface area (Å²) in [5, 5.41) is 4.29. The number of anilines is 2. The van der Waals surface area contributed by atoms with Crippen LogP contribution in [0.4, 0.5) is 11.5 Å². The molecular formula is C26H24ClN5O3S. The molecule has 0 saturated carbocycles. The Morgan fingerprint density at radius 2 is 2.11 bits per heavy atom. The maximum absolute atomic E-state index is 13.3. The summed E-state index contributed by atoms with van der Waals surface area (Å²) in [7, 11) is 0. The average Bonchev–Trinajstić information content (AvgIpc) is 3.26. The molecule has 0 unspecified atom stereocenters. The molecule has 2 aromatic carbocycles. The third-order valence-corrected chi connectivity index (χ3v) is 8.53. The van der Waals surface area contributed by atoms with Gasteiger partial charge in [-0.3, -0.25) is 14.2 Å². The van der Waals surface area contributed by atoms with E-state index in [1.165, 1.54) is 6.08 Å². The number of aryl methyl sites for hydroxylation is 1. The summed E-state index contributed by atoms with van der Waals surface area (Å²) in [6, 6.07) is 7.66. The minimum Gasteiger partial charge on any atom is -0.350 e. The molecule has 1 N–H and O–H groups in total. The number of halogens is 1. The van der Waals surface area contributed by atoms with Crippen LogP contribution in [-0.2, 0) is 22.6 Å². The maximum atomic E-state index is 13.3. The fraction of sp³-hybridized carbons (Fsp3) is 0.308. The fourth-order valence-corrected chi connectivity index (χ4v) is 7.06. The van der Waals surface area contributed by atoms with Crippen LogP contribution in [0.15, 0.2) is 46.6 Å². The highest BCUT2D eigenvalue weighted by Crippen LogP contribution is 2.48. The molecule has 6 rings (SSSR count). The summed E-state index contributed by atoms with van der Waals surface area (Å²) >= 11 is 8.67. The fourth-order valence-electron chi connectivity index (χ4n) is 5.50. The van der Waals surface area contributed by atoms with Crippen molar-refractivity contribution < 1.29 is 9.59 Å². The smallest absolute Gasteiger partial charge is 0.350 e. The Hall–Kier alpha value is -3.30. The Morgan fingerprint density at radius 3 is 2.89 bits per heavy atom. The van der Waals surface area contributed by atoms with Crippen molar-refractivity contribution in [1.82, 2.24) is 14.5 Å². The molecule has 3 aliphatic rings. The van der Waals surface area contributed by atoms with Crippen molar-refractivity contribution in [2.24, 2.45) is 0 Å². The molecule has 1 fully saturated rings. The molecule has 0 radical (unpaired) electrons. The van der Waals surface area contributed by atoms with Gasteiger partial charge in [0.2, 0.25) is 11.8 Å². The van der Waals surface area contributed by atoms with E-state index in [2.05, 4.69) is 21.8 Å². The van der Waals surface area contributed by atoms with Gasteiger partial charge in [-0.2, -0.15) is 4.98 Å². The van der Waals surface area contributed by atoms with E-state index in [-0.39, 0.29) is 23.5 Å². The Morgan fingerprint density at radius 1 is 1.28 bits per heavy atom. The van der Waals surface area contributed by atoms with Crippen LogP contribution in [0, 0.1) is 0 Å². The lowest BCUT2D eigenvalue weighted by Gasteiger charge is -2.40. The van der Waals surface area contributed by atoms with E-state index in [0.29, 0.717) is 43.4 Å². The van der Waals surface area contributed by atoms with E-state index >= 15 is 0 Å². The Labute approximate surface area is 216 Å². The minimum atomic E-state index is -0.292. The van der Waals surface area contributed by atoms with Crippen molar-refractivity contribution >= 4 is 57.6 Å². The molecule has 8 nitrogen and oxygen atoms in total. The Bertz CT molecular complexity index is 1530. The maximum Gasteiger partial charge on any atom is 0.350 e. The van der Waals surface area contributed by atoms with Gasteiger partial charge in [-0.25, -0.2) is 4.79 Å². The first kappa shape index (κ1) is 23.1. The molecular weight excluding hydrogens is 498 g/mol. The molecule has 1 saturated heterocycles. The van der Waals surface area contributed by atoms with Gasteiger partial charge in [-0.15, -0.1) is 11.8 Å². The van der Waals surface area contributed by atoms with Crippen LogP contribution in [0.3, 0.4) is 0 Å². The predicted molar refractivity (Wildman–Crippen MR) is 143 cm³/mol. The predicted octanol–water partition coefficient (Wildman–Crippen LogP) is 3.54. The topological polar surface area (TPSA) is 87.5 Å². The number of nitrogens with one attached hydrogen (secondary N) is 1. The molecule has 0 spiro atoms. The van der Waals surface area contributed by atoms with Crippen molar-refractivity contribution in [2.45, 2.75) is 30.8 Å². The normalized spacial score (nSPS) is 18.8. The van der Waals surface area contributed by atoms with Crippen LogP contribution in [0.5, 0.6) is 0 Å². The van der Waals surface area contributed by atoms with Crippen LogP contribution < -0.4 is 15.9 Å². The molecule has 2 amide bonds. The van der Waals surface area contributed by atoms with Crippen molar-refractivity contribution in [3.63, 3.8) is 0 Å². The number of thioether (sulfide) groups is 1. The summed E-state index contributed by atoms with van der Waals surface area (Å²) < 4.78 is 1.74. The van der Waals surface area contributed by atoms with Gasteiger partial charge in [0.05, 0.1) is 17.0 Å². The number of hydrogen-bond donors (Lipinski definition) is 1. The van der Waals surface area contributed by atoms with Gasteiger partial charge in [-0.1, -0.05) is 30.3 Å². The number of nitrogens with zero attached hydrogens (tertiary/aromatic N) is 4. The number of fused-ring (bicyclic) bond motifs is 1. The van der Waals surface area contributed by atoms with E-state index < -0.39 is 0 Å². The lowest BCUT2D eigenvalue weighted by molar-refractivity contribution is -0.126. The van der Waals surface area contributed by atoms with Crippen molar-refractivity contribution in [3.8, 4) is 11.1 Å². The monoisotopic (exact) mass is 521 g/mol. The van der Waals surface area contributed by atoms with Crippen molar-refractivity contribution in [1.29, 1.82) is 0 Å². The second kappa shape index (κ2) is 8.67. The second-order valence-electron chi connectivity index (χ2n) is 9.26.